The van der Waals surface area contributed by atoms with Gasteiger partial charge in [-0.1, -0.05) is 53.7 Å². The molecule has 0 atom stereocenters. The molecule has 0 saturated carbocycles. The zero-order valence-corrected chi connectivity index (χ0v) is 20.9. The largest absolute Gasteiger partial charge is 0.465 e. The number of amides is 1. The van der Waals surface area contributed by atoms with Gasteiger partial charge in [0.25, 0.3) is 0 Å². The fourth-order valence-corrected chi connectivity index (χ4v) is 3.77. The second-order valence-electron chi connectivity index (χ2n) is 8.75. The quantitative estimate of drug-likeness (QED) is 0.160. The minimum Gasteiger partial charge on any atom is -0.465 e. The van der Waals surface area contributed by atoms with E-state index in [0.29, 0.717) is 36.8 Å². The van der Waals surface area contributed by atoms with Crippen LogP contribution in [0.3, 0.4) is 0 Å². The van der Waals surface area contributed by atoms with Crippen LogP contribution in [0.5, 0.6) is 0 Å². The fraction of sp³-hybridized carbons (Fsp3) is 0.269. The molecule has 2 aromatic carbocycles. The molecule has 4 rings (SSSR count). The lowest BCUT2D eigenvalue weighted by molar-refractivity contribution is 0.116. The van der Waals surface area contributed by atoms with Crippen molar-refractivity contribution in [3.63, 3.8) is 0 Å². The number of oxime groups is 1. The number of aromatic nitrogens is 2. The van der Waals surface area contributed by atoms with E-state index in [1.54, 1.807) is 30.6 Å². The van der Waals surface area contributed by atoms with Gasteiger partial charge in [0.15, 0.2) is 5.96 Å². The van der Waals surface area contributed by atoms with Crippen molar-refractivity contribution >= 4 is 23.7 Å². The van der Waals surface area contributed by atoms with Gasteiger partial charge in [-0.05, 0) is 12.6 Å². The van der Waals surface area contributed by atoms with Gasteiger partial charge in [0, 0.05) is 42.2 Å². The Labute approximate surface area is 219 Å². The predicted molar refractivity (Wildman–Crippen MR) is 142 cm³/mol. The molecule has 0 aliphatic carbocycles. The van der Waals surface area contributed by atoms with Crippen LogP contribution in [0, 0.1) is 5.82 Å². The zero-order chi connectivity index (χ0) is 26.9. The number of likely N-dealkylation sites (N-methyl/N-ethyl adjacent to an activating group) is 1. The average Bonchev–Trinajstić information content (AvgIpc) is 2.87. The van der Waals surface area contributed by atoms with E-state index >= 15 is 4.39 Å². The number of nitrogens with two attached hydrogens (primary N) is 1. The maximum atomic E-state index is 15.0. The molecule has 12 heteroatoms. The van der Waals surface area contributed by atoms with E-state index < -0.39 is 11.9 Å². The number of hydrogen-bond donors (Lipinski definition) is 3. The summed E-state index contributed by atoms with van der Waals surface area (Å²) in [7, 11) is 2.04. The molecular formula is C26H29FN8O3. The van der Waals surface area contributed by atoms with Crippen LogP contribution < -0.4 is 16.0 Å². The van der Waals surface area contributed by atoms with Gasteiger partial charge < -0.3 is 20.6 Å². The summed E-state index contributed by atoms with van der Waals surface area (Å²) in [5.41, 5.74) is 8.69. The molecule has 3 aromatic rings. The number of nitrogens with one attached hydrogen (secondary N) is 1. The first kappa shape index (κ1) is 26.5. The summed E-state index contributed by atoms with van der Waals surface area (Å²) in [4.78, 5) is 32.8. The Kier molecular flexibility index (Phi) is 8.77. The average molecular weight is 521 g/mol. The lowest BCUT2D eigenvalue weighted by Crippen LogP contribution is -2.48. The number of benzene rings is 2. The first-order chi connectivity index (χ1) is 18.4. The number of nitrogens with zero attached hydrogens (tertiary/aromatic N) is 6. The number of carboxylic acid groups (broad SMARTS) is 1. The number of anilines is 1. The molecule has 1 aliphatic rings. The second-order valence-corrected chi connectivity index (χ2v) is 8.75. The third kappa shape index (κ3) is 7.23. The summed E-state index contributed by atoms with van der Waals surface area (Å²) >= 11 is 0. The van der Waals surface area contributed by atoms with E-state index in [-0.39, 0.29) is 18.1 Å². The Hall–Kier alpha value is -4.58. The van der Waals surface area contributed by atoms with Gasteiger partial charge in [-0.2, -0.15) is 0 Å². The molecule has 0 radical (unpaired) electrons. The molecule has 1 fully saturated rings. The van der Waals surface area contributed by atoms with E-state index in [9.17, 15) is 4.79 Å². The van der Waals surface area contributed by atoms with Crippen molar-refractivity contribution in [1.29, 1.82) is 0 Å². The highest BCUT2D eigenvalue weighted by Crippen LogP contribution is 2.26. The summed E-state index contributed by atoms with van der Waals surface area (Å²) in [5, 5.41) is 14.8. The Balaban J connectivity index is 1.25. The van der Waals surface area contributed by atoms with Crippen LogP contribution in [0.4, 0.5) is 15.1 Å². The molecule has 0 spiro atoms. The lowest BCUT2D eigenvalue weighted by Gasteiger charge is -2.31. The molecule has 0 bridgehead atoms. The number of hydrogen-bond acceptors (Lipinski definition) is 8. The molecule has 198 valence electrons. The standard InChI is InChI=1S/C26H29FN8O3/c1-34(15-18-6-3-2-4-7-18)10-11-38-33-21-16-35(17-21)25-30-13-20(14-31-25)22-9-5-8-19(23(22)27)12-29-24(28)32-26(36)37/h2-9,13-14H,10-12,15-17H2,1H3,(H,36,37)(H3,28,29,32). The van der Waals surface area contributed by atoms with Gasteiger partial charge in [-0.3, -0.25) is 10.2 Å². The van der Waals surface area contributed by atoms with Gasteiger partial charge in [-0.15, -0.1) is 0 Å². The van der Waals surface area contributed by atoms with Crippen LogP contribution in [-0.2, 0) is 17.9 Å². The fourth-order valence-electron chi connectivity index (χ4n) is 3.77. The monoisotopic (exact) mass is 520 g/mol. The first-order valence-corrected chi connectivity index (χ1v) is 11.9. The Morgan fingerprint density at radius 2 is 1.92 bits per heavy atom. The maximum Gasteiger partial charge on any atom is 0.411 e. The third-order valence-corrected chi connectivity index (χ3v) is 5.77. The van der Waals surface area contributed by atoms with Gasteiger partial charge in [0.2, 0.25) is 5.95 Å². The Morgan fingerprint density at radius 1 is 1.18 bits per heavy atom. The summed E-state index contributed by atoms with van der Waals surface area (Å²) in [6.07, 6.45) is 1.78. The highest BCUT2D eigenvalue weighted by atomic mass is 19.1. The maximum absolute atomic E-state index is 15.0. The van der Waals surface area contributed by atoms with E-state index in [1.807, 2.05) is 35.5 Å². The lowest BCUT2D eigenvalue weighted by atomic mass is 10.0. The first-order valence-electron chi connectivity index (χ1n) is 11.9. The molecule has 0 unspecified atom stereocenters. The number of rotatable bonds is 10. The van der Waals surface area contributed by atoms with Crippen LogP contribution in [0.2, 0.25) is 0 Å². The van der Waals surface area contributed by atoms with Crippen molar-refractivity contribution in [3.05, 3.63) is 77.9 Å². The van der Waals surface area contributed by atoms with Crippen molar-refractivity contribution in [1.82, 2.24) is 20.2 Å². The van der Waals surface area contributed by atoms with Gasteiger partial charge in [0.05, 0.1) is 25.3 Å². The van der Waals surface area contributed by atoms with Crippen molar-refractivity contribution in [2.24, 2.45) is 15.9 Å². The van der Waals surface area contributed by atoms with Gasteiger partial charge in [0.1, 0.15) is 12.4 Å². The number of carbonyl (C=O) groups is 1. The van der Waals surface area contributed by atoms with E-state index in [4.69, 9.17) is 15.7 Å². The Morgan fingerprint density at radius 3 is 2.63 bits per heavy atom. The van der Waals surface area contributed by atoms with Crippen LogP contribution >= 0.6 is 0 Å². The van der Waals surface area contributed by atoms with Crippen LogP contribution in [0.1, 0.15) is 11.1 Å². The molecule has 1 aliphatic heterocycles. The van der Waals surface area contributed by atoms with E-state index in [1.165, 1.54) is 5.56 Å². The normalized spacial score (nSPS) is 13.3. The van der Waals surface area contributed by atoms with Crippen molar-refractivity contribution in [2.45, 2.75) is 13.1 Å². The number of aliphatic imine (C=N–C) groups is 1. The van der Waals surface area contributed by atoms with Crippen LogP contribution in [-0.4, -0.2) is 71.0 Å². The van der Waals surface area contributed by atoms with Crippen LogP contribution in [0.25, 0.3) is 11.1 Å². The molecule has 11 nitrogen and oxygen atoms in total. The Bertz CT molecular complexity index is 1290. The van der Waals surface area contributed by atoms with E-state index in [0.717, 1.165) is 18.8 Å². The van der Waals surface area contributed by atoms with E-state index in [2.05, 4.69) is 37.1 Å². The smallest absolute Gasteiger partial charge is 0.411 e. The third-order valence-electron chi connectivity index (χ3n) is 5.77. The highest BCUT2D eigenvalue weighted by molar-refractivity contribution is 5.98. The molecule has 38 heavy (non-hydrogen) atoms. The minimum atomic E-state index is -1.34. The molecule has 1 amide bonds. The van der Waals surface area contributed by atoms with Gasteiger partial charge >= 0.3 is 6.09 Å². The molecular weight excluding hydrogens is 491 g/mol. The number of halogens is 1. The predicted octanol–water partition coefficient (Wildman–Crippen LogP) is 2.69. The highest BCUT2D eigenvalue weighted by Gasteiger charge is 2.25. The van der Waals surface area contributed by atoms with Crippen molar-refractivity contribution in [2.75, 3.05) is 38.2 Å². The summed E-state index contributed by atoms with van der Waals surface area (Å²) < 4.78 is 15.0. The molecule has 4 N–H and O–H groups in total. The molecule has 1 aromatic heterocycles. The minimum absolute atomic E-state index is 0.119. The van der Waals surface area contributed by atoms with Gasteiger partial charge in [-0.25, -0.2) is 24.1 Å². The molecule has 2 heterocycles. The molecule has 1 saturated heterocycles. The summed E-state index contributed by atoms with van der Waals surface area (Å²) in [5.74, 6) is -0.294. The topological polar surface area (TPSA) is 142 Å². The number of guanidine groups is 1. The summed E-state index contributed by atoms with van der Waals surface area (Å²) in [6, 6.07) is 15.1. The van der Waals surface area contributed by atoms with Crippen molar-refractivity contribution in [3.8, 4) is 11.1 Å². The van der Waals surface area contributed by atoms with Crippen molar-refractivity contribution < 1.29 is 19.1 Å². The SMILES string of the molecule is CN(CCON=C1CN(c2ncc(-c3cccc(CN=C(N)NC(=O)O)c3F)cn2)C1)Cc1ccccc1. The second kappa shape index (κ2) is 12.6. The zero-order valence-electron chi connectivity index (χ0n) is 20.9. The van der Waals surface area contributed by atoms with Crippen LogP contribution in [0.15, 0.2) is 71.1 Å². The summed E-state index contributed by atoms with van der Waals surface area (Å²) in [6.45, 7) is 3.11.